The maximum atomic E-state index is 13.9. The third kappa shape index (κ3) is 3.86. The SMILES string of the molecule is COc1ccc2c(c1OC)c(=O)n1c3ccc(O[C@H](C)C(=O)Nc4ccc(C(C)=O)cc4)cc3c3ccnc2c31. The largest absolute Gasteiger partial charge is 0.493 e. The summed E-state index contributed by atoms with van der Waals surface area (Å²) in [6.45, 7) is 3.14. The van der Waals surface area contributed by atoms with Crippen LogP contribution in [0.3, 0.4) is 0 Å². The van der Waals surface area contributed by atoms with E-state index in [0.29, 0.717) is 55.8 Å². The summed E-state index contributed by atoms with van der Waals surface area (Å²) in [6.07, 6.45) is 0.896. The number of rotatable bonds is 7. The Kier molecular flexibility index (Phi) is 5.99. The van der Waals surface area contributed by atoms with Gasteiger partial charge in [0.05, 0.1) is 36.2 Å². The van der Waals surface area contributed by atoms with Crippen LogP contribution in [0.5, 0.6) is 17.2 Å². The van der Waals surface area contributed by atoms with Crippen molar-refractivity contribution in [3.63, 3.8) is 0 Å². The summed E-state index contributed by atoms with van der Waals surface area (Å²) in [4.78, 5) is 42.8. The summed E-state index contributed by atoms with van der Waals surface area (Å²) in [5.74, 6) is 0.901. The van der Waals surface area contributed by atoms with E-state index in [1.807, 2.05) is 18.2 Å². The normalized spacial score (nSPS) is 12.2. The van der Waals surface area contributed by atoms with Crippen LogP contribution >= 0.6 is 0 Å². The molecule has 0 fully saturated rings. The molecule has 3 heterocycles. The van der Waals surface area contributed by atoms with Gasteiger partial charge in [0.1, 0.15) is 5.75 Å². The van der Waals surface area contributed by atoms with Crippen molar-refractivity contribution >= 4 is 55.5 Å². The zero-order valence-corrected chi connectivity index (χ0v) is 22.3. The predicted octanol–water partition coefficient (Wildman–Crippen LogP) is 5.22. The van der Waals surface area contributed by atoms with Crippen molar-refractivity contribution in [1.29, 1.82) is 0 Å². The van der Waals surface area contributed by atoms with E-state index in [4.69, 9.17) is 14.2 Å². The Labute approximate surface area is 228 Å². The zero-order valence-electron chi connectivity index (χ0n) is 22.3. The highest BCUT2D eigenvalue weighted by Crippen LogP contribution is 2.39. The van der Waals surface area contributed by atoms with Crippen molar-refractivity contribution in [1.82, 2.24) is 9.38 Å². The van der Waals surface area contributed by atoms with Crippen LogP contribution in [0.25, 0.3) is 38.1 Å². The molecule has 1 atom stereocenters. The average Bonchev–Trinajstić information content (AvgIpc) is 3.30. The van der Waals surface area contributed by atoms with Crippen LogP contribution in [0.2, 0.25) is 0 Å². The summed E-state index contributed by atoms with van der Waals surface area (Å²) in [6, 6.07) is 17.5. The van der Waals surface area contributed by atoms with Crippen molar-refractivity contribution in [3.05, 3.63) is 82.8 Å². The Bertz CT molecular complexity index is 2010. The van der Waals surface area contributed by atoms with Crippen LogP contribution < -0.4 is 25.1 Å². The molecule has 0 unspecified atom stereocenters. The number of hydrogen-bond acceptors (Lipinski definition) is 7. The lowest BCUT2D eigenvalue weighted by Gasteiger charge is -2.15. The molecule has 6 aromatic rings. The van der Waals surface area contributed by atoms with Gasteiger partial charge in [-0.2, -0.15) is 0 Å². The summed E-state index contributed by atoms with van der Waals surface area (Å²) in [5.41, 5.74) is 2.92. The molecule has 0 bridgehead atoms. The van der Waals surface area contributed by atoms with Gasteiger partial charge in [0.2, 0.25) is 0 Å². The topological polar surface area (TPSA) is 108 Å². The van der Waals surface area contributed by atoms with E-state index in [2.05, 4.69) is 10.3 Å². The van der Waals surface area contributed by atoms with Gasteiger partial charge < -0.3 is 19.5 Å². The van der Waals surface area contributed by atoms with Crippen LogP contribution in [0.1, 0.15) is 24.2 Å². The van der Waals surface area contributed by atoms with Crippen LogP contribution in [-0.4, -0.2) is 41.4 Å². The zero-order chi connectivity index (χ0) is 28.1. The number of methoxy groups -OCH3 is 2. The fourth-order valence-electron chi connectivity index (χ4n) is 5.16. The fourth-order valence-corrected chi connectivity index (χ4v) is 5.16. The van der Waals surface area contributed by atoms with Gasteiger partial charge in [0, 0.05) is 33.6 Å². The number of fused-ring (bicyclic) bond motifs is 5. The van der Waals surface area contributed by atoms with Crippen molar-refractivity contribution in [2.45, 2.75) is 20.0 Å². The molecule has 0 spiro atoms. The second-order valence-electron chi connectivity index (χ2n) is 9.48. The summed E-state index contributed by atoms with van der Waals surface area (Å²) in [7, 11) is 3.03. The molecule has 1 N–H and O–H groups in total. The number of carbonyl (C=O) groups excluding carboxylic acids is 2. The van der Waals surface area contributed by atoms with E-state index in [1.165, 1.54) is 21.1 Å². The molecule has 9 heteroatoms. The lowest BCUT2D eigenvalue weighted by Crippen LogP contribution is -2.30. The molecule has 9 nitrogen and oxygen atoms in total. The smallest absolute Gasteiger partial charge is 0.267 e. The van der Waals surface area contributed by atoms with Gasteiger partial charge in [-0.25, -0.2) is 0 Å². The fraction of sp³-hybridized carbons (Fsp3) is 0.161. The van der Waals surface area contributed by atoms with Crippen molar-refractivity contribution in [2.24, 2.45) is 0 Å². The van der Waals surface area contributed by atoms with Crippen LogP contribution in [0, 0.1) is 0 Å². The second kappa shape index (κ2) is 9.53. The molecule has 3 aromatic heterocycles. The lowest BCUT2D eigenvalue weighted by atomic mass is 10.1. The number of nitrogens with zero attached hydrogens (tertiary/aromatic N) is 2. The van der Waals surface area contributed by atoms with Crippen molar-refractivity contribution < 1.29 is 23.8 Å². The third-order valence-electron chi connectivity index (χ3n) is 7.11. The molecular formula is C31H25N3O6. The number of ether oxygens (including phenoxy) is 3. The van der Waals surface area contributed by atoms with Crippen LogP contribution in [0.4, 0.5) is 5.69 Å². The maximum absolute atomic E-state index is 13.9. The minimum absolute atomic E-state index is 0.0472. The molecule has 0 aliphatic rings. The Balaban J connectivity index is 1.41. The second-order valence-corrected chi connectivity index (χ2v) is 9.48. The van der Waals surface area contributed by atoms with Crippen molar-refractivity contribution in [2.75, 3.05) is 19.5 Å². The molecule has 0 saturated carbocycles. The first-order valence-electron chi connectivity index (χ1n) is 12.6. The predicted molar refractivity (Wildman–Crippen MR) is 153 cm³/mol. The molecule has 0 saturated heterocycles. The van der Waals surface area contributed by atoms with E-state index in [0.717, 1.165) is 10.8 Å². The van der Waals surface area contributed by atoms with Gasteiger partial charge >= 0.3 is 0 Å². The summed E-state index contributed by atoms with van der Waals surface area (Å²) >= 11 is 0. The van der Waals surface area contributed by atoms with Gasteiger partial charge in [-0.05, 0) is 74.5 Å². The number of carbonyl (C=O) groups is 2. The molecule has 0 aliphatic carbocycles. The van der Waals surface area contributed by atoms with Crippen LogP contribution in [0.15, 0.2) is 71.7 Å². The highest BCUT2D eigenvalue weighted by atomic mass is 16.5. The minimum atomic E-state index is -0.811. The number of ketones is 1. The first-order chi connectivity index (χ1) is 19.3. The number of Topliss-reactive ketones (excluding diaryl/α,β-unsaturated/α-hetero) is 1. The van der Waals surface area contributed by atoms with E-state index in [1.54, 1.807) is 60.0 Å². The lowest BCUT2D eigenvalue weighted by molar-refractivity contribution is -0.122. The van der Waals surface area contributed by atoms with E-state index < -0.39 is 6.10 Å². The minimum Gasteiger partial charge on any atom is -0.493 e. The highest BCUT2D eigenvalue weighted by molar-refractivity contribution is 6.19. The number of benzene rings is 3. The van der Waals surface area contributed by atoms with E-state index >= 15 is 0 Å². The number of anilines is 1. The molecular weight excluding hydrogens is 510 g/mol. The molecule has 6 rings (SSSR count). The average molecular weight is 536 g/mol. The Morgan fingerprint density at radius 1 is 0.925 bits per heavy atom. The number of hydrogen-bond donors (Lipinski definition) is 1. The standard InChI is InChI=1S/C31H25N3O6/c1-16(35)18-5-7-19(8-6-18)33-30(36)17(2)40-20-9-11-24-23(15-20)21-13-14-32-27-22-10-12-25(38-3)29(39-4)26(22)31(37)34(24)28(21)27/h5-15,17H,1-4H3,(H,33,36)/t17-/m1/s1. The van der Waals surface area contributed by atoms with Gasteiger partial charge in [-0.1, -0.05) is 0 Å². The summed E-state index contributed by atoms with van der Waals surface area (Å²) < 4.78 is 18.7. The Hall–Kier alpha value is -5.18. The molecule has 0 radical (unpaired) electrons. The molecule has 40 heavy (non-hydrogen) atoms. The van der Waals surface area contributed by atoms with Crippen LogP contribution in [-0.2, 0) is 4.79 Å². The number of pyridine rings is 2. The third-order valence-corrected chi connectivity index (χ3v) is 7.11. The molecule has 3 aromatic carbocycles. The van der Waals surface area contributed by atoms with E-state index in [9.17, 15) is 14.4 Å². The molecule has 1 amide bonds. The van der Waals surface area contributed by atoms with Gasteiger partial charge in [-0.15, -0.1) is 0 Å². The first-order valence-corrected chi connectivity index (χ1v) is 12.6. The summed E-state index contributed by atoms with van der Waals surface area (Å²) in [5, 5.41) is 5.48. The Morgan fingerprint density at radius 2 is 1.70 bits per heavy atom. The Morgan fingerprint density at radius 3 is 2.40 bits per heavy atom. The first kappa shape index (κ1) is 25.1. The number of nitrogens with one attached hydrogen (secondary N) is 1. The molecule has 200 valence electrons. The monoisotopic (exact) mass is 535 g/mol. The number of aromatic nitrogens is 2. The van der Waals surface area contributed by atoms with Gasteiger partial charge in [0.15, 0.2) is 23.4 Å². The molecule has 0 aliphatic heterocycles. The quantitative estimate of drug-likeness (QED) is 0.221. The highest BCUT2D eigenvalue weighted by Gasteiger charge is 2.23. The van der Waals surface area contributed by atoms with E-state index in [-0.39, 0.29) is 17.2 Å². The van der Waals surface area contributed by atoms with Gasteiger partial charge in [0.25, 0.3) is 11.5 Å². The maximum Gasteiger partial charge on any atom is 0.267 e. The van der Waals surface area contributed by atoms with Gasteiger partial charge in [-0.3, -0.25) is 23.8 Å². The van der Waals surface area contributed by atoms with Crippen molar-refractivity contribution in [3.8, 4) is 17.2 Å². The number of amides is 1.